The zero-order chi connectivity index (χ0) is 9.26. The zero-order valence-corrected chi connectivity index (χ0v) is 10.1. The lowest BCUT2D eigenvalue weighted by Crippen LogP contribution is -2.44. The van der Waals surface area contributed by atoms with E-state index in [2.05, 4.69) is 11.8 Å². The van der Waals surface area contributed by atoms with Crippen LogP contribution >= 0.6 is 13.5 Å². The molecular weight excluding hydrogens is 194 g/mol. The smallest absolute Gasteiger partial charge is 0.0695 e. The van der Waals surface area contributed by atoms with Crippen LogP contribution in [-0.4, -0.2) is 35.2 Å². The molecule has 2 fully saturated rings. The third kappa shape index (κ3) is 2.65. The summed E-state index contributed by atoms with van der Waals surface area (Å²) >= 11 is 0. The van der Waals surface area contributed by atoms with Crippen LogP contribution < -0.4 is 0 Å². The number of rotatable bonds is 1. The number of aliphatic hydroxyl groups is 1. The van der Waals surface area contributed by atoms with Crippen molar-refractivity contribution in [2.45, 2.75) is 51.2 Å². The van der Waals surface area contributed by atoms with Gasteiger partial charge in [0.2, 0.25) is 0 Å². The molecule has 1 heterocycles. The van der Waals surface area contributed by atoms with Crippen LogP contribution in [0.4, 0.5) is 0 Å². The van der Waals surface area contributed by atoms with Crippen LogP contribution in [0.25, 0.3) is 0 Å². The molecule has 0 spiro atoms. The molecule has 1 saturated carbocycles. The molecule has 0 bridgehead atoms. The minimum Gasteiger partial charge on any atom is -0.391 e. The van der Waals surface area contributed by atoms with E-state index < -0.39 is 0 Å². The van der Waals surface area contributed by atoms with Crippen LogP contribution in [0.5, 0.6) is 0 Å². The second-order valence-electron chi connectivity index (χ2n) is 4.81. The summed E-state index contributed by atoms with van der Waals surface area (Å²) in [5.74, 6) is 0.842. The average Bonchev–Trinajstić information content (AvgIpc) is 2.53. The van der Waals surface area contributed by atoms with E-state index in [0.29, 0.717) is 6.04 Å². The van der Waals surface area contributed by atoms with Crippen LogP contribution in [0, 0.1) is 5.92 Å². The van der Waals surface area contributed by atoms with Crippen molar-refractivity contribution in [2.75, 3.05) is 13.1 Å². The van der Waals surface area contributed by atoms with Gasteiger partial charge in [-0.1, -0.05) is 19.8 Å². The molecule has 2 rings (SSSR count). The Bertz CT molecular complexity index is 177. The molecule has 0 aromatic carbocycles. The Hall–Kier alpha value is 0.270. The van der Waals surface area contributed by atoms with Crippen molar-refractivity contribution in [3.63, 3.8) is 0 Å². The lowest BCUT2D eigenvalue weighted by atomic mass is 9.91. The van der Waals surface area contributed by atoms with E-state index in [1.807, 2.05) is 0 Å². The molecule has 0 aromatic rings. The highest BCUT2D eigenvalue weighted by molar-refractivity contribution is 7.59. The Balaban J connectivity index is 0.000000980. The Kier molecular flexibility index (Phi) is 4.74. The van der Waals surface area contributed by atoms with Crippen molar-refractivity contribution in [3.05, 3.63) is 0 Å². The number of hydrogen-bond acceptors (Lipinski definition) is 2. The summed E-state index contributed by atoms with van der Waals surface area (Å²) in [6, 6.07) is 0.485. The molecule has 0 aromatic heterocycles. The first-order chi connectivity index (χ1) is 6.27. The van der Waals surface area contributed by atoms with Gasteiger partial charge < -0.3 is 5.11 Å². The number of nitrogens with zero attached hydrogens (tertiary/aromatic N) is 1. The highest BCUT2D eigenvalue weighted by Crippen LogP contribution is 2.27. The molecule has 3 heteroatoms. The fraction of sp³-hybridized carbons (Fsp3) is 1.00. The largest absolute Gasteiger partial charge is 0.391 e. The van der Waals surface area contributed by atoms with Crippen molar-refractivity contribution in [1.82, 2.24) is 4.90 Å². The molecule has 1 saturated heterocycles. The monoisotopic (exact) mass is 217 g/mol. The molecule has 2 nitrogen and oxygen atoms in total. The van der Waals surface area contributed by atoms with E-state index in [0.717, 1.165) is 12.3 Å². The quantitative estimate of drug-likeness (QED) is 0.723. The van der Waals surface area contributed by atoms with E-state index in [9.17, 15) is 5.11 Å². The summed E-state index contributed by atoms with van der Waals surface area (Å²) in [4.78, 5) is 2.51. The highest BCUT2D eigenvalue weighted by Gasteiger charge is 2.32. The third-order valence-electron chi connectivity index (χ3n) is 3.62. The van der Waals surface area contributed by atoms with E-state index in [1.165, 1.54) is 38.8 Å². The van der Waals surface area contributed by atoms with Crippen LogP contribution in [0.2, 0.25) is 0 Å². The fourth-order valence-corrected chi connectivity index (χ4v) is 2.79. The van der Waals surface area contributed by atoms with Crippen molar-refractivity contribution < 1.29 is 5.11 Å². The van der Waals surface area contributed by atoms with Gasteiger partial charge in [-0.25, -0.2) is 0 Å². The van der Waals surface area contributed by atoms with E-state index in [4.69, 9.17) is 0 Å². The van der Waals surface area contributed by atoms with Crippen molar-refractivity contribution in [3.8, 4) is 0 Å². The lowest BCUT2D eigenvalue weighted by Gasteiger charge is -2.35. The highest BCUT2D eigenvalue weighted by atomic mass is 32.1. The van der Waals surface area contributed by atoms with Gasteiger partial charge in [-0.05, 0) is 31.7 Å². The molecule has 1 aliphatic carbocycles. The van der Waals surface area contributed by atoms with Gasteiger partial charge in [-0.3, -0.25) is 4.90 Å². The molecule has 1 N–H and O–H groups in total. The van der Waals surface area contributed by atoms with Gasteiger partial charge in [-0.15, -0.1) is 0 Å². The van der Waals surface area contributed by atoms with Crippen molar-refractivity contribution >= 4 is 13.5 Å². The summed E-state index contributed by atoms with van der Waals surface area (Å²) in [5, 5.41) is 9.87. The first kappa shape index (κ1) is 12.3. The van der Waals surface area contributed by atoms with Gasteiger partial charge in [-0.2, -0.15) is 13.5 Å². The number of hydrogen-bond donors (Lipinski definition) is 1. The molecular formula is C11H23NOS. The summed E-state index contributed by atoms with van der Waals surface area (Å²) < 4.78 is 0. The minimum absolute atomic E-state index is 0. The molecule has 84 valence electrons. The average molecular weight is 217 g/mol. The lowest BCUT2D eigenvalue weighted by molar-refractivity contribution is 0.0297. The SMILES string of the molecule is C[C@H]1CCN(C2CCCC[C@@H]2O)C1.S. The van der Waals surface area contributed by atoms with Crippen LogP contribution in [-0.2, 0) is 0 Å². The van der Waals surface area contributed by atoms with Crippen LogP contribution in [0.15, 0.2) is 0 Å². The summed E-state index contributed by atoms with van der Waals surface area (Å²) in [6.07, 6.45) is 6.05. The standard InChI is InChI=1S/C11H21NO.H2S/c1-9-6-7-12(8-9)10-4-2-3-5-11(10)13;/h9-11,13H,2-8H2,1H3;1H2/t9-,10?,11-;/m0./s1. The molecule has 3 atom stereocenters. The third-order valence-corrected chi connectivity index (χ3v) is 3.62. The Labute approximate surface area is 94.1 Å². The Morgan fingerprint density at radius 3 is 2.43 bits per heavy atom. The second kappa shape index (κ2) is 5.38. The molecule has 2 aliphatic rings. The van der Waals surface area contributed by atoms with Crippen LogP contribution in [0.1, 0.15) is 39.0 Å². The predicted molar refractivity (Wildman–Crippen MR) is 64.0 cm³/mol. The van der Waals surface area contributed by atoms with Crippen molar-refractivity contribution in [1.29, 1.82) is 0 Å². The fourth-order valence-electron chi connectivity index (χ4n) is 2.79. The van der Waals surface area contributed by atoms with Crippen LogP contribution in [0.3, 0.4) is 0 Å². The first-order valence-electron chi connectivity index (χ1n) is 5.69. The molecule has 1 aliphatic heterocycles. The number of likely N-dealkylation sites (tertiary alicyclic amines) is 1. The second-order valence-corrected chi connectivity index (χ2v) is 4.81. The van der Waals surface area contributed by atoms with Gasteiger partial charge in [0.05, 0.1) is 6.10 Å². The first-order valence-corrected chi connectivity index (χ1v) is 5.69. The number of aliphatic hydroxyl groups excluding tert-OH is 1. The Morgan fingerprint density at radius 2 is 1.86 bits per heavy atom. The van der Waals surface area contributed by atoms with Gasteiger partial charge in [0.25, 0.3) is 0 Å². The summed E-state index contributed by atoms with van der Waals surface area (Å²) in [6.45, 7) is 4.74. The maximum Gasteiger partial charge on any atom is 0.0695 e. The maximum atomic E-state index is 9.87. The molecule has 0 amide bonds. The van der Waals surface area contributed by atoms with Crippen molar-refractivity contribution in [2.24, 2.45) is 5.92 Å². The molecule has 14 heavy (non-hydrogen) atoms. The van der Waals surface area contributed by atoms with E-state index in [-0.39, 0.29) is 19.6 Å². The van der Waals surface area contributed by atoms with E-state index >= 15 is 0 Å². The van der Waals surface area contributed by atoms with Gasteiger partial charge in [0.1, 0.15) is 0 Å². The normalized spacial score (nSPS) is 39.4. The van der Waals surface area contributed by atoms with Gasteiger partial charge >= 0.3 is 0 Å². The van der Waals surface area contributed by atoms with E-state index in [1.54, 1.807) is 0 Å². The Morgan fingerprint density at radius 1 is 1.14 bits per heavy atom. The van der Waals surface area contributed by atoms with Gasteiger partial charge in [0, 0.05) is 12.6 Å². The molecule has 1 unspecified atom stereocenters. The summed E-state index contributed by atoms with van der Waals surface area (Å²) in [7, 11) is 0. The van der Waals surface area contributed by atoms with Gasteiger partial charge in [0.15, 0.2) is 0 Å². The summed E-state index contributed by atoms with van der Waals surface area (Å²) in [5.41, 5.74) is 0. The topological polar surface area (TPSA) is 23.5 Å². The minimum atomic E-state index is -0.0425. The maximum absolute atomic E-state index is 9.87. The molecule has 0 radical (unpaired) electrons. The zero-order valence-electron chi connectivity index (χ0n) is 9.08. The predicted octanol–water partition coefficient (Wildman–Crippen LogP) is 1.74.